The standard InChI is InChI=1S/C6H10I2O/c1-4(2)5(9)3-6(7)8/h4,6H,3H2,1-2H3. The van der Waals surface area contributed by atoms with Crippen molar-refractivity contribution in [3.05, 3.63) is 0 Å². The number of rotatable bonds is 3. The van der Waals surface area contributed by atoms with E-state index >= 15 is 0 Å². The summed E-state index contributed by atoms with van der Waals surface area (Å²) >= 11 is 4.51. The van der Waals surface area contributed by atoms with Gasteiger partial charge in [-0.15, -0.1) is 0 Å². The van der Waals surface area contributed by atoms with E-state index in [0.717, 1.165) is 0 Å². The number of carbonyl (C=O) groups is 1. The molecule has 0 saturated heterocycles. The first-order valence-electron chi connectivity index (χ1n) is 2.85. The lowest BCUT2D eigenvalue weighted by atomic mass is 10.1. The fourth-order valence-electron chi connectivity index (χ4n) is 0.388. The summed E-state index contributed by atoms with van der Waals surface area (Å²) in [5.41, 5.74) is 0. The van der Waals surface area contributed by atoms with Gasteiger partial charge in [0.2, 0.25) is 0 Å². The van der Waals surface area contributed by atoms with Crippen molar-refractivity contribution in [1.29, 1.82) is 0 Å². The van der Waals surface area contributed by atoms with Crippen molar-refractivity contribution >= 4 is 51.0 Å². The number of hydrogen-bond donors (Lipinski definition) is 0. The smallest absolute Gasteiger partial charge is 0.137 e. The molecule has 0 fully saturated rings. The SMILES string of the molecule is CC(C)C(=O)CC(I)I. The van der Waals surface area contributed by atoms with Crippen molar-refractivity contribution in [3.8, 4) is 0 Å². The van der Waals surface area contributed by atoms with Crippen LogP contribution in [0.25, 0.3) is 0 Å². The summed E-state index contributed by atoms with van der Waals surface area (Å²) in [6, 6.07) is 0. The third-order valence-corrected chi connectivity index (χ3v) is 1.88. The summed E-state index contributed by atoms with van der Waals surface area (Å²) in [7, 11) is 0. The first-order valence-corrected chi connectivity index (χ1v) is 5.34. The molecule has 0 radical (unpaired) electrons. The van der Waals surface area contributed by atoms with Crippen molar-refractivity contribution in [2.45, 2.75) is 22.2 Å². The number of alkyl halides is 2. The van der Waals surface area contributed by atoms with Crippen LogP contribution in [-0.4, -0.2) is 7.71 Å². The van der Waals surface area contributed by atoms with Gasteiger partial charge in [0.1, 0.15) is 5.78 Å². The van der Waals surface area contributed by atoms with Gasteiger partial charge in [-0.1, -0.05) is 59.0 Å². The maximum atomic E-state index is 10.9. The van der Waals surface area contributed by atoms with Gasteiger partial charge in [-0.25, -0.2) is 0 Å². The Bertz CT molecular complexity index is 99.2. The molecule has 0 aliphatic heterocycles. The Morgan fingerprint density at radius 3 is 2.00 bits per heavy atom. The van der Waals surface area contributed by atoms with Gasteiger partial charge < -0.3 is 0 Å². The van der Waals surface area contributed by atoms with E-state index in [9.17, 15) is 4.79 Å². The minimum atomic E-state index is 0.206. The lowest BCUT2D eigenvalue weighted by Gasteiger charge is -2.02. The van der Waals surface area contributed by atoms with Crippen molar-refractivity contribution in [1.82, 2.24) is 0 Å². The minimum absolute atomic E-state index is 0.206. The Kier molecular flexibility index (Phi) is 5.48. The molecule has 0 aliphatic rings. The van der Waals surface area contributed by atoms with Gasteiger partial charge in [0.15, 0.2) is 0 Å². The second-order valence-corrected chi connectivity index (χ2v) is 7.61. The summed E-state index contributed by atoms with van der Waals surface area (Å²) in [6.07, 6.45) is 0.707. The minimum Gasteiger partial charge on any atom is -0.299 e. The normalized spacial score (nSPS) is 10.9. The molecular weight excluding hydrogens is 342 g/mol. The number of halogens is 2. The molecule has 0 aromatic carbocycles. The molecule has 3 heteroatoms. The molecule has 0 bridgehead atoms. The fraction of sp³-hybridized carbons (Fsp3) is 0.833. The highest BCUT2D eigenvalue weighted by molar-refractivity contribution is 14.2. The van der Waals surface area contributed by atoms with Crippen LogP contribution in [0, 0.1) is 5.92 Å². The van der Waals surface area contributed by atoms with E-state index in [2.05, 4.69) is 45.2 Å². The number of Topliss-reactive ketones (excluding diaryl/α,β-unsaturated/α-hetero) is 1. The predicted molar refractivity (Wildman–Crippen MR) is 56.3 cm³/mol. The average molecular weight is 352 g/mol. The van der Waals surface area contributed by atoms with E-state index in [1.165, 1.54) is 0 Å². The van der Waals surface area contributed by atoms with Crippen LogP contribution in [-0.2, 0) is 4.79 Å². The lowest BCUT2D eigenvalue weighted by molar-refractivity contribution is -0.121. The van der Waals surface area contributed by atoms with Crippen molar-refractivity contribution in [3.63, 3.8) is 0 Å². The van der Waals surface area contributed by atoms with Crippen LogP contribution < -0.4 is 0 Å². The quantitative estimate of drug-likeness (QED) is 0.564. The Morgan fingerprint density at radius 1 is 1.44 bits per heavy atom. The second-order valence-electron chi connectivity index (χ2n) is 2.22. The maximum absolute atomic E-state index is 10.9. The van der Waals surface area contributed by atoms with Gasteiger partial charge in [0.25, 0.3) is 0 Å². The largest absolute Gasteiger partial charge is 0.299 e. The highest BCUT2D eigenvalue weighted by Gasteiger charge is 2.09. The first kappa shape index (κ1) is 10.1. The van der Waals surface area contributed by atoms with Crippen LogP contribution in [0.1, 0.15) is 20.3 Å². The average Bonchev–Trinajstić information content (AvgIpc) is 1.63. The molecule has 0 N–H and O–H groups in total. The summed E-state index contributed by atoms with van der Waals surface area (Å²) in [6.45, 7) is 3.88. The Labute approximate surface area is 83.2 Å². The summed E-state index contributed by atoms with van der Waals surface area (Å²) < 4.78 is 0.454. The fourth-order valence-corrected chi connectivity index (χ4v) is 1.26. The van der Waals surface area contributed by atoms with E-state index in [1.54, 1.807) is 0 Å². The zero-order valence-electron chi connectivity index (χ0n) is 5.53. The summed E-state index contributed by atoms with van der Waals surface area (Å²) in [4.78, 5) is 10.9. The van der Waals surface area contributed by atoms with Gasteiger partial charge in [0, 0.05) is 12.3 Å². The van der Waals surface area contributed by atoms with Gasteiger partial charge in [0.05, 0.1) is 1.93 Å². The van der Waals surface area contributed by atoms with Crippen molar-refractivity contribution in [2.24, 2.45) is 5.92 Å². The molecule has 0 aromatic rings. The third-order valence-electron chi connectivity index (χ3n) is 0.999. The van der Waals surface area contributed by atoms with Crippen LogP contribution in [0.15, 0.2) is 0 Å². The number of carbonyl (C=O) groups excluding carboxylic acids is 1. The molecule has 0 heterocycles. The van der Waals surface area contributed by atoms with E-state index < -0.39 is 0 Å². The van der Waals surface area contributed by atoms with Crippen LogP contribution in [0.3, 0.4) is 0 Å². The molecular formula is C6H10I2O. The monoisotopic (exact) mass is 352 g/mol. The van der Waals surface area contributed by atoms with Gasteiger partial charge in [-0.2, -0.15) is 0 Å². The molecule has 9 heavy (non-hydrogen) atoms. The molecule has 0 saturated carbocycles. The highest BCUT2D eigenvalue weighted by Crippen LogP contribution is 2.16. The zero-order valence-corrected chi connectivity index (χ0v) is 9.84. The van der Waals surface area contributed by atoms with Gasteiger partial charge in [-0.05, 0) is 0 Å². The Balaban J connectivity index is 3.51. The van der Waals surface area contributed by atoms with E-state index in [4.69, 9.17) is 0 Å². The molecule has 0 aliphatic carbocycles. The van der Waals surface area contributed by atoms with Gasteiger partial charge in [-0.3, -0.25) is 4.79 Å². The lowest BCUT2D eigenvalue weighted by Crippen LogP contribution is -2.09. The molecule has 54 valence electrons. The topological polar surface area (TPSA) is 17.1 Å². The van der Waals surface area contributed by atoms with Crippen LogP contribution in [0.2, 0.25) is 0 Å². The van der Waals surface area contributed by atoms with E-state index in [1.807, 2.05) is 13.8 Å². The van der Waals surface area contributed by atoms with E-state index in [0.29, 0.717) is 14.1 Å². The molecule has 0 aromatic heterocycles. The van der Waals surface area contributed by atoms with Gasteiger partial charge >= 0.3 is 0 Å². The third kappa shape index (κ3) is 5.57. The first-order chi connectivity index (χ1) is 4.04. The number of ketones is 1. The van der Waals surface area contributed by atoms with Crippen LogP contribution in [0.4, 0.5) is 0 Å². The Hall–Kier alpha value is 1.13. The van der Waals surface area contributed by atoms with Crippen LogP contribution >= 0.6 is 45.2 Å². The van der Waals surface area contributed by atoms with Crippen LogP contribution in [0.5, 0.6) is 0 Å². The summed E-state index contributed by atoms with van der Waals surface area (Å²) in [5.74, 6) is 0.570. The Morgan fingerprint density at radius 2 is 1.89 bits per heavy atom. The maximum Gasteiger partial charge on any atom is 0.137 e. The predicted octanol–water partition coefficient (Wildman–Crippen LogP) is 2.80. The molecule has 1 nitrogen and oxygen atoms in total. The molecule has 0 rings (SSSR count). The summed E-state index contributed by atoms with van der Waals surface area (Å²) in [5, 5.41) is 0. The molecule has 0 atom stereocenters. The zero-order chi connectivity index (χ0) is 7.44. The van der Waals surface area contributed by atoms with Crippen molar-refractivity contribution in [2.75, 3.05) is 0 Å². The highest BCUT2D eigenvalue weighted by atomic mass is 127. The van der Waals surface area contributed by atoms with Crippen molar-refractivity contribution < 1.29 is 4.79 Å². The molecule has 0 spiro atoms. The van der Waals surface area contributed by atoms with E-state index in [-0.39, 0.29) is 5.92 Å². The number of hydrogen-bond acceptors (Lipinski definition) is 1. The second kappa shape index (κ2) is 4.87. The molecule has 0 amide bonds. The molecule has 0 unspecified atom stereocenters.